The molecule has 0 bridgehead atoms. The van der Waals surface area contributed by atoms with Gasteiger partial charge in [-0.3, -0.25) is 14.4 Å². The summed E-state index contributed by atoms with van der Waals surface area (Å²) in [5.41, 5.74) is -0.0652. The van der Waals surface area contributed by atoms with Gasteiger partial charge in [-0.2, -0.15) is 13.2 Å². The third-order valence-corrected chi connectivity index (χ3v) is 5.03. The van der Waals surface area contributed by atoms with Crippen molar-refractivity contribution in [3.63, 3.8) is 0 Å². The number of ether oxygens (including phenoxy) is 1. The van der Waals surface area contributed by atoms with E-state index in [-0.39, 0.29) is 18.7 Å². The van der Waals surface area contributed by atoms with Gasteiger partial charge in [0.25, 0.3) is 6.10 Å². The molecule has 2 aromatic rings. The van der Waals surface area contributed by atoms with Gasteiger partial charge in [0.15, 0.2) is 0 Å². The molecule has 2 amide bonds. The first-order valence-corrected chi connectivity index (χ1v) is 10.9. The van der Waals surface area contributed by atoms with Crippen LogP contribution in [0.4, 0.5) is 13.2 Å². The van der Waals surface area contributed by atoms with Crippen LogP contribution >= 0.6 is 0 Å². The summed E-state index contributed by atoms with van der Waals surface area (Å²) in [6.07, 6.45) is -7.66. The number of carboxylic acid groups (broad SMARTS) is 3. The molecule has 5 N–H and O–H groups in total. The zero-order valence-electron chi connectivity index (χ0n) is 19.5. The molecule has 38 heavy (non-hydrogen) atoms. The van der Waals surface area contributed by atoms with Crippen LogP contribution < -0.4 is 15.4 Å². The summed E-state index contributed by atoms with van der Waals surface area (Å²) in [7, 11) is 0. The molecule has 2 rings (SSSR count). The molecule has 0 fully saturated rings. The Morgan fingerprint density at radius 1 is 0.816 bits per heavy atom. The van der Waals surface area contributed by atoms with Gasteiger partial charge in [0.1, 0.15) is 11.8 Å². The van der Waals surface area contributed by atoms with Gasteiger partial charge in [-0.05, 0) is 35.4 Å². The van der Waals surface area contributed by atoms with Crippen molar-refractivity contribution in [1.82, 2.24) is 10.6 Å². The van der Waals surface area contributed by atoms with E-state index in [2.05, 4.69) is 10.6 Å². The van der Waals surface area contributed by atoms with E-state index in [1.165, 1.54) is 36.4 Å². The number of nitrogens with one attached hydrogen (secondary N) is 2. The fraction of sp³-hybridized carbons (Fsp3) is 0.292. The van der Waals surface area contributed by atoms with Crippen molar-refractivity contribution in [2.75, 3.05) is 0 Å². The van der Waals surface area contributed by atoms with Crippen molar-refractivity contribution in [2.45, 2.75) is 44.1 Å². The Hall–Kier alpha value is -4.62. The third-order valence-electron chi connectivity index (χ3n) is 5.03. The zero-order valence-corrected chi connectivity index (χ0v) is 19.5. The average Bonchev–Trinajstić information content (AvgIpc) is 2.84. The number of rotatable bonds is 13. The lowest BCUT2D eigenvalue weighted by atomic mass is 10.0. The summed E-state index contributed by atoms with van der Waals surface area (Å²) in [4.78, 5) is 57.7. The maximum Gasteiger partial charge on any atom is 0.416 e. The Balaban J connectivity index is 2.11. The van der Waals surface area contributed by atoms with Gasteiger partial charge < -0.3 is 30.7 Å². The largest absolute Gasteiger partial charge is 0.481 e. The third kappa shape index (κ3) is 9.44. The first-order valence-electron chi connectivity index (χ1n) is 10.9. The highest BCUT2D eigenvalue weighted by molar-refractivity contribution is 5.96. The maximum absolute atomic E-state index is 12.8. The molecule has 204 valence electrons. The van der Waals surface area contributed by atoms with Crippen LogP contribution in [-0.4, -0.2) is 57.2 Å². The minimum absolute atomic E-state index is 0.0858. The first-order chi connectivity index (χ1) is 17.8. The summed E-state index contributed by atoms with van der Waals surface area (Å²) >= 11 is 0. The van der Waals surface area contributed by atoms with Crippen LogP contribution in [0.5, 0.6) is 5.75 Å². The van der Waals surface area contributed by atoms with Crippen LogP contribution in [-0.2, 0) is 43.1 Å². The smallest absolute Gasteiger partial charge is 0.416 e. The van der Waals surface area contributed by atoms with Gasteiger partial charge in [0.05, 0.1) is 12.0 Å². The fourth-order valence-corrected chi connectivity index (χ4v) is 3.10. The number of aliphatic carboxylic acids is 3. The fourth-order valence-electron chi connectivity index (χ4n) is 3.10. The molecule has 11 nitrogen and oxygen atoms in total. The van der Waals surface area contributed by atoms with E-state index in [1.54, 1.807) is 0 Å². The summed E-state index contributed by atoms with van der Waals surface area (Å²) in [6.45, 7) is -0.156. The van der Waals surface area contributed by atoms with Gasteiger partial charge in [-0.15, -0.1) is 0 Å². The second-order valence-electron chi connectivity index (χ2n) is 7.95. The van der Waals surface area contributed by atoms with Gasteiger partial charge in [0.2, 0.25) is 11.8 Å². The molecule has 0 aliphatic heterocycles. The Bertz CT molecular complexity index is 1150. The molecule has 14 heteroatoms. The van der Waals surface area contributed by atoms with E-state index in [0.717, 1.165) is 12.1 Å². The summed E-state index contributed by atoms with van der Waals surface area (Å²) in [6, 6.07) is 8.20. The van der Waals surface area contributed by atoms with Crippen LogP contribution in [0.25, 0.3) is 0 Å². The molecule has 0 aliphatic carbocycles. The number of carbonyl (C=O) groups excluding carboxylic acids is 2. The van der Waals surface area contributed by atoms with Crippen molar-refractivity contribution in [3.8, 4) is 5.75 Å². The van der Waals surface area contributed by atoms with E-state index in [0.29, 0.717) is 11.1 Å². The Labute approximate surface area is 213 Å². The number of hydrogen-bond acceptors (Lipinski definition) is 6. The number of alkyl halides is 3. The van der Waals surface area contributed by atoms with Crippen molar-refractivity contribution in [1.29, 1.82) is 0 Å². The van der Waals surface area contributed by atoms with Gasteiger partial charge in [0, 0.05) is 19.4 Å². The lowest BCUT2D eigenvalue weighted by Gasteiger charge is -2.19. The quantitative estimate of drug-likeness (QED) is 0.237. The SMILES string of the molecule is O=C(O)CCC(=O)NC(Cc1ccc(OC(C(=O)O)C(=O)O)cc1)C(=O)NCc1ccc(C(F)(F)F)cc1. The number of amides is 2. The number of benzene rings is 2. The number of carboxylic acids is 3. The van der Waals surface area contributed by atoms with Crippen LogP contribution in [0.2, 0.25) is 0 Å². The Kier molecular flexibility index (Phi) is 10.2. The predicted molar refractivity (Wildman–Crippen MR) is 122 cm³/mol. The standard InChI is InChI=1S/C24H23F3N2O9/c25-24(26,27)15-5-1-14(2-6-15)12-28-21(33)17(29-18(30)9-10-19(31)32)11-13-3-7-16(8-4-13)38-20(22(34)35)23(36)37/h1-8,17,20H,9-12H2,(H,28,33)(H,29,30)(H,31,32)(H,34,35)(H,36,37). The van der Waals surface area contributed by atoms with Crippen molar-refractivity contribution in [3.05, 3.63) is 65.2 Å². The number of halogens is 3. The van der Waals surface area contributed by atoms with Crippen LogP contribution in [0.3, 0.4) is 0 Å². The summed E-state index contributed by atoms with van der Waals surface area (Å²) in [5, 5.41) is 31.5. The lowest BCUT2D eigenvalue weighted by Crippen LogP contribution is -2.47. The molecule has 0 aliphatic rings. The van der Waals surface area contributed by atoms with Crippen molar-refractivity contribution < 1.29 is 57.2 Å². The average molecular weight is 540 g/mol. The van der Waals surface area contributed by atoms with E-state index < -0.39 is 66.4 Å². The second-order valence-corrected chi connectivity index (χ2v) is 7.95. The molecule has 0 saturated carbocycles. The summed E-state index contributed by atoms with van der Waals surface area (Å²) in [5.74, 6) is -6.17. The van der Waals surface area contributed by atoms with Gasteiger partial charge >= 0.3 is 24.1 Å². The van der Waals surface area contributed by atoms with E-state index >= 15 is 0 Å². The van der Waals surface area contributed by atoms with Crippen molar-refractivity contribution >= 4 is 29.7 Å². The second kappa shape index (κ2) is 13.1. The topological polar surface area (TPSA) is 179 Å². The molecule has 2 aromatic carbocycles. The molecule has 1 unspecified atom stereocenters. The minimum atomic E-state index is -4.52. The van der Waals surface area contributed by atoms with Crippen LogP contribution in [0.1, 0.15) is 29.5 Å². The highest BCUT2D eigenvalue weighted by Crippen LogP contribution is 2.29. The molecule has 0 radical (unpaired) electrons. The zero-order chi connectivity index (χ0) is 28.5. The number of hydrogen-bond donors (Lipinski definition) is 5. The predicted octanol–water partition coefficient (Wildman–Crippen LogP) is 1.83. The van der Waals surface area contributed by atoms with Gasteiger partial charge in [-0.25, -0.2) is 9.59 Å². The maximum atomic E-state index is 12.8. The van der Waals surface area contributed by atoms with Gasteiger partial charge in [-0.1, -0.05) is 24.3 Å². The van der Waals surface area contributed by atoms with E-state index in [1.807, 2.05) is 0 Å². The molecule has 0 spiro atoms. The van der Waals surface area contributed by atoms with Crippen molar-refractivity contribution in [2.24, 2.45) is 0 Å². The lowest BCUT2D eigenvalue weighted by molar-refractivity contribution is -0.159. The monoisotopic (exact) mass is 540 g/mol. The molecule has 0 saturated heterocycles. The Morgan fingerprint density at radius 2 is 1.37 bits per heavy atom. The molecular formula is C24H23F3N2O9. The highest BCUT2D eigenvalue weighted by atomic mass is 19.4. The van der Waals surface area contributed by atoms with Crippen LogP contribution in [0, 0.1) is 0 Å². The van der Waals surface area contributed by atoms with E-state index in [9.17, 15) is 37.1 Å². The molecular weight excluding hydrogens is 517 g/mol. The highest BCUT2D eigenvalue weighted by Gasteiger charge is 2.30. The molecule has 0 aromatic heterocycles. The molecule has 0 heterocycles. The first kappa shape index (κ1) is 29.6. The van der Waals surface area contributed by atoms with E-state index in [4.69, 9.17) is 20.1 Å². The molecule has 1 atom stereocenters. The number of carbonyl (C=O) groups is 5. The Morgan fingerprint density at radius 3 is 1.87 bits per heavy atom. The normalized spacial score (nSPS) is 11.9. The van der Waals surface area contributed by atoms with Crippen LogP contribution in [0.15, 0.2) is 48.5 Å². The summed E-state index contributed by atoms with van der Waals surface area (Å²) < 4.78 is 43.1. The minimum Gasteiger partial charge on any atom is -0.481 e.